The van der Waals surface area contributed by atoms with Gasteiger partial charge in [0, 0.05) is 5.88 Å². The number of aryl methyl sites for hydroxylation is 1. The first-order chi connectivity index (χ1) is 7.40. The van der Waals surface area contributed by atoms with E-state index < -0.39 is 0 Å². The van der Waals surface area contributed by atoms with Crippen molar-refractivity contribution in [2.45, 2.75) is 19.3 Å². The zero-order chi connectivity index (χ0) is 10.5. The monoisotopic (exact) mass is 226 g/mol. The van der Waals surface area contributed by atoms with Crippen molar-refractivity contribution < 1.29 is 9.47 Å². The van der Waals surface area contributed by atoms with E-state index in [1.165, 1.54) is 5.56 Å². The fourth-order valence-corrected chi connectivity index (χ4v) is 1.86. The van der Waals surface area contributed by atoms with Gasteiger partial charge < -0.3 is 9.47 Å². The van der Waals surface area contributed by atoms with Crippen molar-refractivity contribution in [3.63, 3.8) is 0 Å². The second-order valence-electron chi connectivity index (χ2n) is 3.62. The van der Waals surface area contributed by atoms with Gasteiger partial charge in [-0.25, -0.2) is 0 Å². The zero-order valence-corrected chi connectivity index (χ0v) is 9.43. The molecule has 0 radical (unpaired) electrons. The van der Waals surface area contributed by atoms with E-state index in [9.17, 15) is 0 Å². The third-order valence-electron chi connectivity index (χ3n) is 2.46. The summed E-state index contributed by atoms with van der Waals surface area (Å²) >= 11 is 5.64. The van der Waals surface area contributed by atoms with Crippen LogP contribution in [0.3, 0.4) is 0 Å². The van der Waals surface area contributed by atoms with E-state index in [0.29, 0.717) is 13.2 Å². The normalized spacial score (nSPS) is 13.9. The van der Waals surface area contributed by atoms with Gasteiger partial charge in [0.1, 0.15) is 13.2 Å². The maximum atomic E-state index is 5.64. The molecular weight excluding hydrogens is 212 g/mol. The minimum atomic E-state index is 0.651. The van der Waals surface area contributed by atoms with E-state index in [1.54, 1.807) is 0 Å². The van der Waals surface area contributed by atoms with Crippen LogP contribution in [0, 0.1) is 0 Å². The predicted octanol–water partition coefficient (Wildman–Crippen LogP) is 3.02. The van der Waals surface area contributed by atoms with E-state index in [2.05, 4.69) is 12.1 Å². The number of rotatable bonds is 4. The van der Waals surface area contributed by atoms with E-state index in [4.69, 9.17) is 21.1 Å². The van der Waals surface area contributed by atoms with Gasteiger partial charge in [0.15, 0.2) is 11.5 Å². The summed E-state index contributed by atoms with van der Waals surface area (Å²) in [5, 5.41) is 0. The van der Waals surface area contributed by atoms with Crippen LogP contribution in [0.15, 0.2) is 18.2 Å². The van der Waals surface area contributed by atoms with Gasteiger partial charge in [0.05, 0.1) is 0 Å². The molecule has 2 nitrogen and oxygen atoms in total. The van der Waals surface area contributed by atoms with Crippen LogP contribution in [0.1, 0.15) is 18.4 Å². The van der Waals surface area contributed by atoms with E-state index >= 15 is 0 Å². The maximum Gasteiger partial charge on any atom is 0.161 e. The van der Waals surface area contributed by atoms with Crippen LogP contribution in [0.2, 0.25) is 0 Å². The topological polar surface area (TPSA) is 18.5 Å². The predicted molar refractivity (Wildman–Crippen MR) is 61.1 cm³/mol. The second-order valence-corrected chi connectivity index (χ2v) is 4.00. The molecule has 0 amide bonds. The molecule has 0 bridgehead atoms. The minimum absolute atomic E-state index is 0.651. The highest BCUT2D eigenvalue weighted by molar-refractivity contribution is 6.17. The molecule has 0 aromatic heterocycles. The summed E-state index contributed by atoms with van der Waals surface area (Å²) < 4.78 is 11.0. The van der Waals surface area contributed by atoms with Crippen molar-refractivity contribution in [1.29, 1.82) is 0 Å². The average molecular weight is 227 g/mol. The van der Waals surface area contributed by atoms with Crippen LogP contribution in [0.4, 0.5) is 0 Å². The van der Waals surface area contributed by atoms with E-state index in [1.807, 2.05) is 6.07 Å². The molecule has 1 aliphatic heterocycles. The summed E-state index contributed by atoms with van der Waals surface area (Å²) in [6.45, 7) is 1.30. The zero-order valence-electron chi connectivity index (χ0n) is 8.67. The molecule has 1 heterocycles. The molecular formula is C12H15ClO2. The van der Waals surface area contributed by atoms with Gasteiger partial charge in [-0.1, -0.05) is 6.07 Å². The highest BCUT2D eigenvalue weighted by atomic mass is 35.5. The molecule has 82 valence electrons. The molecule has 0 saturated carbocycles. The van der Waals surface area contributed by atoms with Gasteiger partial charge in [-0.2, -0.15) is 0 Å². The number of fused-ring (bicyclic) bond motifs is 1. The third kappa shape index (κ3) is 2.78. The first kappa shape index (κ1) is 10.6. The number of hydrogen-bond donors (Lipinski definition) is 0. The lowest BCUT2D eigenvalue weighted by atomic mass is 10.1. The van der Waals surface area contributed by atoms with Gasteiger partial charge in [0.25, 0.3) is 0 Å². The Hall–Kier alpha value is -0.890. The Kier molecular flexibility index (Phi) is 3.73. The molecule has 0 spiro atoms. The molecule has 0 fully saturated rings. The molecule has 3 heteroatoms. The number of unbranched alkanes of at least 4 members (excludes halogenated alkanes) is 1. The molecule has 0 unspecified atom stereocenters. The molecule has 15 heavy (non-hydrogen) atoms. The molecule has 2 rings (SSSR count). The molecule has 0 saturated heterocycles. The number of halogens is 1. The van der Waals surface area contributed by atoms with Crippen LogP contribution in [0.5, 0.6) is 11.5 Å². The van der Waals surface area contributed by atoms with Gasteiger partial charge in [0.2, 0.25) is 0 Å². The summed E-state index contributed by atoms with van der Waals surface area (Å²) in [5.41, 5.74) is 1.30. The van der Waals surface area contributed by atoms with Crippen LogP contribution in [-0.4, -0.2) is 19.1 Å². The SMILES string of the molecule is ClCCCCc1ccc2c(c1)OCCO2. The van der Waals surface area contributed by atoms with Crippen molar-refractivity contribution in [2.24, 2.45) is 0 Å². The Morgan fingerprint density at radius 3 is 2.67 bits per heavy atom. The van der Waals surface area contributed by atoms with Gasteiger partial charge in [-0.15, -0.1) is 11.6 Å². The first-order valence-corrected chi connectivity index (χ1v) is 5.88. The number of alkyl halides is 1. The number of hydrogen-bond acceptors (Lipinski definition) is 2. The Morgan fingerprint density at radius 1 is 1.07 bits per heavy atom. The van der Waals surface area contributed by atoms with Crippen LogP contribution >= 0.6 is 11.6 Å². The number of ether oxygens (including phenoxy) is 2. The van der Waals surface area contributed by atoms with Crippen molar-refractivity contribution in [2.75, 3.05) is 19.1 Å². The van der Waals surface area contributed by atoms with Crippen molar-refractivity contribution in [3.05, 3.63) is 23.8 Å². The van der Waals surface area contributed by atoms with Gasteiger partial charge in [-0.3, -0.25) is 0 Å². The van der Waals surface area contributed by atoms with E-state index in [0.717, 1.165) is 36.6 Å². The lowest BCUT2D eigenvalue weighted by molar-refractivity contribution is 0.171. The lowest BCUT2D eigenvalue weighted by Gasteiger charge is -2.18. The van der Waals surface area contributed by atoms with Gasteiger partial charge >= 0.3 is 0 Å². The highest BCUT2D eigenvalue weighted by Crippen LogP contribution is 2.31. The first-order valence-electron chi connectivity index (χ1n) is 5.34. The quantitative estimate of drug-likeness (QED) is 0.581. The summed E-state index contributed by atoms with van der Waals surface area (Å²) in [6, 6.07) is 6.16. The molecule has 1 aromatic rings. The summed E-state index contributed by atoms with van der Waals surface area (Å²) in [6.07, 6.45) is 3.25. The largest absolute Gasteiger partial charge is 0.486 e. The van der Waals surface area contributed by atoms with Crippen molar-refractivity contribution in [1.82, 2.24) is 0 Å². The Labute approximate surface area is 95.1 Å². The second kappa shape index (κ2) is 5.26. The standard InChI is InChI=1S/C12H15ClO2/c13-6-2-1-3-10-4-5-11-12(9-10)15-8-7-14-11/h4-5,9H,1-3,6-8H2. The molecule has 0 aliphatic carbocycles. The summed E-state index contributed by atoms with van der Waals surface area (Å²) in [7, 11) is 0. The Bertz CT molecular complexity index is 325. The molecule has 0 N–H and O–H groups in total. The van der Waals surface area contributed by atoms with Crippen molar-refractivity contribution in [3.8, 4) is 11.5 Å². The van der Waals surface area contributed by atoms with Crippen LogP contribution < -0.4 is 9.47 Å². The minimum Gasteiger partial charge on any atom is -0.486 e. The fraction of sp³-hybridized carbons (Fsp3) is 0.500. The van der Waals surface area contributed by atoms with E-state index in [-0.39, 0.29) is 0 Å². The maximum absolute atomic E-state index is 5.64. The summed E-state index contributed by atoms with van der Waals surface area (Å²) in [5.74, 6) is 2.48. The Balaban J connectivity index is 2.00. The fourth-order valence-electron chi connectivity index (χ4n) is 1.67. The molecule has 1 aromatic carbocycles. The molecule has 0 atom stereocenters. The smallest absolute Gasteiger partial charge is 0.161 e. The number of benzene rings is 1. The van der Waals surface area contributed by atoms with Crippen molar-refractivity contribution >= 4 is 11.6 Å². The Morgan fingerprint density at radius 2 is 1.87 bits per heavy atom. The average Bonchev–Trinajstić information content (AvgIpc) is 2.29. The highest BCUT2D eigenvalue weighted by Gasteiger charge is 2.11. The summed E-state index contributed by atoms with van der Waals surface area (Å²) in [4.78, 5) is 0. The lowest BCUT2D eigenvalue weighted by Crippen LogP contribution is -2.15. The van der Waals surface area contributed by atoms with Crippen LogP contribution in [0.25, 0.3) is 0 Å². The van der Waals surface area contributed by atoms with Crippen LogP contribution in [-0.2, 0) is 6.42 Å². The third-order valence-corrected chi connectivity index (χ3v) is 2.72. The molecule has 1 aliphatic rings. The van der Waals surface area contributed by atoms with Gasteiger partial charge in [-0.05, 0) is 37.0 Å².